The van der Waals surface area contributed by atoms with Crippen molar-refractivity contribution in [2.45, 2.75) is 9.79 Å². The molecule has 0 radical (unpaired) electrons. The van der Waals surface area contributed by atoms with Crippen molar-refractivity contribution in [3.05, 3.63) is 132 Å². The average Bonchev–Trinajstić information content (AvgIpc) is 3.19. The molecule has 0 aliphatic carbocycles. The molecule has 7 rings (SSSR count). The van der Waals surface area contributed by atoms with E-state index in [-0.39, 0.29) is 55.3 Å². The Morgan fingerprint density at radius 1 is 0.492 bits per heavy atom. The van der Waals surface area contributed by atoms with Gasteiger partial charge in [-0.15, -0.1) is 20.5 Å². The standard InChI is InChI=1S/C40H27N5O12S2/c46-37-28-7-4-8-34(58(52,53)54)27(28)13-16-33(37)44-42-31-14-9-21(18-29(31)39(48)49)22-10-15-32(30(19-22)40(50)51)43-45-36-35(59(55,56)57)20-23-17-25(11-12-26(23)38(36)47)41-24-5-2-1-3-6-24/h1-20,41,46-47H,(H,48,49)(H,50,51)(H,52,53,54)(H,55,56,57). The second kappa shape index (κ2) is 15.4. The molecule has 59 heavy (non-hydrogen) atoms. The number of nitrogens with zero attached hydrogens (tertiary/aromatic N) is 4. The number of rotatable bonds is 11. The number of carboxylic acid groups (broad SMARTS) is 2. The molecule has 0 heterocycles. The van der Waals surface area contributed by atoms with Crippen molar-refractivity contribution in [1.82, 2.24) is 0 Å². The van der Waals surface area contributed by atoms with E-state index in [0.717, 1.165) is 23.9 Å². The molecule has 19 heteroatoms. The zero-order valence-electron chi connectivity index (χ0n) is 29.8. The van der Waals surface area contributed by atoms with Crippen molar-refractivity contribution < 1.29 is 56.0 Å². The Balaban J connectivity index is 1.21. The second-order valence-corrected chi connectivity index (χ2v) is 15.5. The third kappa shape index (κ3) is 8.15. The third-order valence-electron chi connectivity index (χ3n) is 8.95. The molecular formula is C40H27N5O12S2. The number of carboxylic acids is 2. The highest BCUT2D eigenvalue weighted by Crippen LogP contribution is 2.43. The maximum atomic E-state index is 12.5. The molecule has 0 aliphatic heterocycles. The van der Waals surface area contributed by atoms with E-state index in [0.29, 0.717) is 5.69 Å². The first-order valence-corrected chi connectivity index (χ1v) is 19.8. The van der Waals surface area contributed by atoms with Crippen molar-refractivity contribution in [1.29, 1.82) is 0 Å². The van der Waals surface area contributed by atoms with Crippen LogP contribution >= 0.6 is 0 Å². The Kier molecular flexibility index (Phi) is 10.3. The summed E-state index contributed by atoms with van der Waals surface area (Å²) in [6, 6.07) is 28.9. The summed E-state index contributed by atoms with van der Waals surface area (Å²) in [5, 5.41) is 61.3. The summed E-state index contributed by atoms with van der Waals surface area (Å²) in [5.74, 6) is -4.06. The summed E-state index contributed by atoms with van der Waals surface area (Å²) in [6.45, 7) is 0. The highest BCUT2D eigenvalue weighted by Gasteiger charge is 2.23. The fourth-order valence-electron chi connectivity index (χ4n) is 6.18. The maximum Gasteiger partial charge on any atom is 0.337 e. The topological polar surface area (TPSA) is 285 Å². The van der Waals surface area contributed by atoms with Crippen LogP contribution in [0.4, 0.5) is 34.1 Å². The molecule has 0 atom stereocenters. The van der Waals surface area contributed by atoms with Crippen LogP contribution in [0.25, 0.3) is 32.7 Å². The van der Waals surface area contributed by atoms with E-state index >= 15 is 0 Å². The Morgan fingerprint density at radius 2 is 1.05 bits per heavy atom. The molecule has 0 bridgehead atoms. The van der Waals surface area contributed by atoms with Gasteiger partial charge < -0.3 is 25.7 Å². The highest BCUT2D eigenvalue weighted by atomic mass is 32.2. The number of fused-ring (bicyclic) bond motifs is 2. The molecule has 0 spiro atoms. The number of para-hydroxylation sites is 1. The minimum atomic E-state index is -5.00. The molecule has 0 aromatic heterocycles. The Morgan fingerprint density at radius 3 is 1.64 bits per heavy atom. The fourth-order valence-corrected chi connectivity index (χ4v) is 7.54. The van der Waals surface area contributed by atoms with Crippen LogP contribution in [0.5, 0.6) is 11.5 Å². The zero-order valence-corrected chi connectivity index (χ0v) is 31.4. The number of hydrogen-bond donors (Lipinski definition) is 7. The molecule has 7 aromatic carbocycles. The number of anilines is 2. The van der Waals surface area contributed by atoms with Crippen LogP contribution in [0.3, 0.4) is 0 Å². The van der Waals surface area contributed by atoms with E-state index in [2.05, 4.69) is 25.8 Å². The lowest BCUT2D eigenvalue weighted by Crippen LogP contribution is -2.00. The number of aromatic carboxylic acids is 2. The molecule has 0 unspecified atom stereocenters. The Bertz CT molecular complexity index is 3180. The van der Waals surface area contributed by atoms with Crippen LogP contribution in [0.1, 0.15) is 20.7 Å². The van der Waals surface area contributed by atoms with Gasteiger partial charge in [-0.05, 0) is 89.3 Å². The van der Waals surface area contributed by atoms with E-state index in [1.807, 2.05) is 30.3 Å². The van der Waals surface area contributed by atoms with Gasteiger partial charge in [0.2, 0.25) is 0 Å². The molecule has 0 saturated heterocycles. The van der Waals surface area contributed by atoms with Crippen LogP contribution in [-0.2, 0) is 20.2 Å². The molecule has 17 nitrogen and oxygen atoms in total. The normalized spacial score (nSPS) is 12.1. The quantitative estimate of drug-likeness (QED) is 0.0472. The summed E-state index contributed by atoms with van der Waals surface area (Å²) in [7, 11) is -9.61. The molecular weight excluding hydrogens is 807 g/mol. The molecule has 296 valence electrons. The third-order valence-corrected chi connectivity index (χ3v) is 10.7. The lowest BCUT2D eigenvalue weighted by Gasteiger charge is -2.12. The SMILES string of the molecule is O=C(O)c1cc(-c2ccc(N=Nc3c(S(=O)(=O)O)cc4cc(Nc5ccccc5)ccc4c3O)c(C(=O)O)c2)ccc1N=Nc1ccc2c(S(=O)(=O)O)cccc2c1O. The van der Waals surface area contributed by atoms with Gasteiger partial charge in [0.05, 0.1) is 11.1 Å². The first-order chi connectivity index (χ1) is 28.0. The lowest BCUT2D eigenvalue weighted by atomic mass is 9.99. The van der Waals surface area contributed by atoms with Crippen LogP contribution in [0, 0.1) is 0 Å². The van der Waals surface area contributed by atoms with Gasteiger partial charge in [0.1, 0.15) is 32.5 Å². The van der Waals surface area contributed by atoms with Crippen molar-refractivity contribution in [3.8, 4) is 22.6 Å². The average molecular weight is 834 g/mol. The van der Waals surface area contributed by atoms with Gasteiger partial charge in [0.25, 0.3) is 20.2 Å². The fraction of sp³-hybridized carbons (Fsp3) is 0. The predicted molar refractivity (Wildman–Crippen MR) is 215 cm³/mol. The van der Waals surface area contributed by atoms with E-state index in [4.69, 9.17) is 0 Å². The summed E-state index contributed by atoms with van der Waals surface area (Å²) in [5.41, 5.74) is -0.343. The van der Waals surface area contributed by atoms with Crippen molar-refractivity contribution >= 4 is 87.8 Å². The van der Waals surface area contributed by atoms with Crippen LogP contribution in [0.15, 0.2) is 152 Å². The Hall–Kier alpha value is -7.58. The highest BCUT2D eigenvalue weighted by molar-refractivity contribution is 7.86. The number of hydrogen-bond acceptors (Lipinski definition) is 13. The van der Waals surface area contributed by atoms with Gasteiger partial charge >= 0.3 is 11.9 Å². The molecule has 0 saturated carbocycles. The number of carbonyl (C=O) groups is 2. The molecule has 0 fully saturated rings. The zero-order chi connectivity index (χ0) is 42.2. The molecule has 0 aliphatic rings. The van der Waals surface area contributed by atoms with E-state index in [1.165, 1.54) is 60.7 Å². The number of azo groups is 2. The first-order valence-electron chi connectivity index (χ1n) is 16.9. The van der Waals surface area contributed by atoms with Gasteiger partial charge in [-0.3, -0.25) is 9.11 Å². The number of benzene rings is 7. The minimum absolute atomic E-state index is 0.0104. The van der Waals surface area contributed by atoms with Gasteiger partial charge in [0.15, 0.2) is 11.5 Å². The van der Waals surface area contributed by atoms with Gasteiger partial charge in [0, 0.05) is 27.5 Å². The maximum absolute atomic E-state index is 12.5. The van der Waals surface area contributed by atoms with Crippen LogP contribution < -0.4 is 5.32 Å². The minimum Gasteiger partial charge on any atom is -0.505 e. The summed E-state index contributed by atoms with van der Waals surface area (Å²) >= 11 is 0. The molecule has 0 amide bonds. The van der Waals surface area contributed by atoms with Gasteiger partial charge in [-0.1, -0.05) is 48.5 Å². The summed E-state index contributed by atoms with van der Waals surface area (Å²) < 4.78 is 68.1. The van der Waals surface area contributed by atoms with Crippen LogP contribution in [-0.4, -0.2) is 58.3 Å². The van der Waals surface area contributed by atoms with Crippen molar-refractivity contribution in [3.63, 3.8) is 0 Å². The van der Waals surface area contributed by atoms with Gasteiger partial charge in [-0.2, -0.15) is 16.8 Å². The summed E-state index contributed by atoms with van der Waals surface area (Å²) in [4.78, 5) is 23.5. The number of nitrogens with one attached hydrogen (secondary N) is 1. The van der Waals surface area contributed by atoms with Crippen LogP contribution in [0.2, 0.25) is 0 Å². The number of phenolic OH excluding ortho intramolecular Hbond substituents is 2. The summed E-state index contributed by atoms with van der Waals surface area (Å²) in [6.07, 6.45) is 0. The Labute approximate surface area is 333 Å². The van der Waals surface area contributed by atoms with E-state index in [9.17, 15) is 56.0 Å². The number of aromatic hydroxyl groups is 2. The lowest BCUT2D eigenvalue weighted by molar-refractivity contribution is 0.0686. The number of phenols is 2. The predicted octanol–water partition coefficient (Wildman–Crippen LogP) is 9.54. The monoisotopic (exact) mass is 833 g/mol. The van der Waals surface area contributed by atoms with E-state index in [1.54, 1.807) is 12.1 Å². The van der Waals surface area contributed by atoms with Crippen molar-refractivity contribution in [2.24, 2.45) is 20.5 Å². The largest absolute Gasteiger partial charge is 0.505 e. The first kappa shape index (κ1) is 39.6. The molecule has 7 N–H and O–H groups in total. The van der Waals surface area contributed by atoms with E-state index < -0.39 is 64.7 Å². The smallest absolute Gasteiger partial charge is 0.337 e. The molecule has 7 aromatic rings. The second-order valence-electron chi connectivity index (χ2n) is 12.7. The van der Waals surface area contributed by atoms with Crippen molar-refractivity contribution in [2.75, 3.05) is 5.32 Å². The van der Waals surface area contributed by atoms with Gasteiger partial charge in [-0.25, -0.2) is 9.59 Å².